The smallest absolute Gasteiger partial charge is 0.263 e. The molecule has 0 aromatic carbocycles. The van der Waals surface area contributed by atoms with Gasteiger partial charge in [-0.15, -0.1) is 11.3 Å². The highest BCUT2D eigenvalue weighted by molar-refractivity contribution is 7.17. The van der Waals surface area contributed by atoms with Crippen LogP contribution in [0.4, 0.5) is 0 Å². The number of aryl methyl sites for hydroxylation is 2. The second-order valence-electron chi connectivity index (χ2n) is 5.87. The Kier molecular flexibility index (Phi) is 5.31. The van der Waals surface area contributed by atoms with Crippen LogP contribution in [-0.4, -0.2) is 33.3 Å². The highest BCUT2D eigenvalue weighted by atomic mass is 32.1. The summed E-state index contributed by atoms with van der Waals surface area (Å²) in [6.07, 6.45) is 4.51. The number of hydrogen-bond acceptors (Lipinski definition) is 5. The van der Waals surface area contributed by atoms with Crippen LogP contribution in [-0.2, 0) is 7.05 Å². The van der Waals surface area contributed by atoms with Crippen molar-refractivity contribution in [2.45, 2.75) is 33.2 Å². The predicted molar refractivity (Wildman–Crippen MR) is 88.8 cm³/mol. The van der Waals surface area contributed by atoms with Crippen molar-refractivity contribution < 1.29 is 4.79 Å². The zero-order valence-electron chi connectivity index (χ0n) is 13.5. The third-order valence-electron chi connectivity index (χ3n) is 3.33. The van der Waals surface area contributed by atoms with Crippen LogP contribution < -0.4 is 11.1 Å². The van der Waals surface area contributed by atoms with Gasteiger partial charge in [-0.25, -0.2) is 4.98 Å². The minimum Gasteiger partial charge on any atom is -0.347 e. The average molecular weight is 321 g/mol. The summed E-state index contributed by atoms with van der Waals surface area (Å²) in [6, 6.07) is -0.00385. The maximum absolute atomic E-state index is 12.4. The number of nitrogens with zero attached hydrogens (tertiary/aromatic N) is 3. The standard InChI is InChI=1S/C15H23N5OS/c1-9(2)5-12(6-16)19-14(21)13-10(3)18-15(22-13)11-7-17-20(4)8-11/h7-9,12H,5-6,16H2,1-4H3,(H,19,21). The van der Waals surface area contributed by atoms with Crippen LogP contribution in [0, 0.1) is 12.8 Å². The Balaban J connectivity index is 2.15. The molecule has 7 heteroatoms. The lowest BCUT2D eigenvalue weighted by Crippen LogP contribution is -2.41. The van der Waals surface area contributed by atoms with Crippen molar-refractivity contribution in [1.29, 1.82) is 0 Å². The molecule has 0 saturated heterocycles. The maximum atomic E-state index is 12.4. The Morgan fingerprint density at radius 3 is 2.77 bits per heavy atom. The maximum Gasteiger partial charge on any atom is 0.263 e. The molecule has 0 spiro atoms. The van der Waals surface area contributed by atoms with Crippen molar-refractivity contribution in [1.82, 2.24) is 20.1 Å². The Labute approximate surface area is 134 Å². The van der Waals surface area contributed by atoms with E-state index < -0.39 is 0 Å². The van der Waals surface area contributed by atoms with Gasteiger partial charge in [0.05, 0.1) is 11.9 Å². The van der Waals surface area contributed by atoms with Crippen molar-refractivity contribution in [3.8, 4) is 10.6 Å². The number of hydrogen-bond donors (Lipinski definition) is 2. The van der Waals surface area contributed by atoms with Crippen molar-refractivity contribution in [3.63, 3.8) is 0 Å². The SMILES string of the molecule is Cc1nc(-c2cnn(C)c2)sc1C(=O)NC(CN)CC(C)C. The Morgan fingerprint density at radius 1 is 1.50 bits per heavy atom. The summed E-state index contributed by atoms with van der Waals surface area (Å²) >= 11 is 1.39. The van der Waals surface area contributed by atoms with E-state index in [2.05, 4.69) is 29.2 Å². The van der Waals surface area contributed by atoms with Gasteiger partial charge in [0, 0.05) is 31.4 Å². The van der Waals surface area contributed by atoms with E-state index in [0.29, 0.717) is 17.3 Å². The second kappa shape index (κ2) is 7.02. The van der Waals surface area contributed by atoms with E-state index in [1.807, 2.05) is 20.2 Å². The summed E-state index contributed by atoms with van der Waals surface area (Å²) < 4.78 is 1.72. The fraction of sp³-hybridized carbons (Fsp3) is 0.533. The molecule has 1 unspecified atom stereocenters. The number of thiazole rings is 1. The molecule has 22 heavy (non-hydrogen) atoms. The van der Waals surface area contributed by atoms with E-state index in [1.54, 1.807) is 10.9 Å². The molecule has 2 heterocycles. The molecule has 1 atom stereocenters. The lowest BCUT2D eigenvalue weighted by Gasteiger charge is -2.18. The molecule has 1 amide bonds. The van der Waals surface area contributed by atoms with E-state index in [1.165, 1.54) is 11.3 Å². The molecule has 0 radical (unpaired) electrons. The number of rotatable bonds is 6. The highest BCUT2D eigenvalue weighted by Gasteiger charge is 2.20. The molecule has 6 nitrogen and oxygen atoms in total. The largest absolute Gasteiger partial charge is 0.347 e. The molecular formula is C15H23N5OS. The van der Waals surface area contributed by atoms with E-state index in [0.717, 1.165) is 22.7 Å². The van der Waals surface area contributed by atoms with Gasteiger partial charge >= 0.3 is 0 Å². The number of carbonyl (C=O) groups is 1. The molecule has 0 bridgehead atoms. The number of nitrogens with one attached hydrogen (secondary N) is 1. The number of aromatic nitrogens is 3. The van der Waals surface area contributed by atoms with Crippen molar-refractivity contribution in [3.05, 3.63) is 23.0 Å². The Morgan fingerprint density at radius 2 is 2.23 bits per heavy atom. The number of amides is 1. The Bertz CT molecular complexity index is 646. The topological polar surface area (TPSA) is 85.8 Å². The minimum absolute atomic E-state index is 0.00385. The summed E-state index contributed by atoms with van der Waals surface area (Å²) in [6.45, 7) is 6.53. The monoisotopic (exact) mass is 321 g/mol. The van der Waals surface area contributed by atoms with Gasteiger partial charge in [-0.3, -0.25) is 9.48 Å². The lowest BCUT2D eigenvalue weighted by molar-refractivity contribution is 0.0937. The highest BCUT2D eigenvalue weighted by Crippen LogP contribution is 2.27. The fourth-order valence-corrected chi connectivity index (χ4v) is 3.24. The minimum atomic E-state index is -0.0961. The predicted octanol–water partition coefficient (Wildman–Crippen LogP) is 1.96. The van der Waals surface area contributed by atoms with Crippen LogP contribution in [0.1, 0.15) is 35.6 Å². The van der Waals surface area contributed by atoms with E-state index >= 15 is 0 Å². The molecule has 0 aliphatic rings. The van der Waals surface area contributed by atoms with Crippen LogP contribution in [0.3, 0.4) is 0 Å². The third kappa shape index (κ3) is 3.92. The van der Waals surface area contributed by atoms with Crippen LogP contribution >= 0.6 is 11.3 Å². The number of carbonyl (C=O) groups excluding carboxylic acids is 1. The summed E-state index contributed by atoms with van der Waals surface area (Å²) in [4.78, 5) is 17.6. The Hall–Kier alpha value is -1.73. The first-order chi connectivity index (χ1) is 10.4. The van der Waals surface area contributed by atoms with Crippen LogP contribution in [0.2, 0.25) is 0 Å². The first kappa shape index (κ1) is 16.6. The molecule has 2 rings (SSSR count). The van der Waals surface area contributed by atoms with Gasteiger partial charge in [-0.2, -0.15) is 5.10 Å². The van der Waals surface area contributed by atoms with Crippen molar-refractivity contribution >= 4 is 17.2 Å². The zero-order valence-corrected chi connectivity index (χ0v) is 14.3. The molecule has 3 N–H and O–H groups in total. The number of nitrogens with two attached hydrogens (primary N) is 1. The van der Waals surface area contributed by atoms with Gasteiger partial charge in [-0.1, -0.05) is 13.8 Å². The van der Waals surface area contributed by atoms with E-state index in [9.17, 15) is 4.79 Å². The quantitative estimate of drug-likeness (QED) is 0.851. The first-order valence-electron chi connectivity index (χ1n) is 7.38. The van der Waals surface area contributed by atoms with Gasteiger partial charge in [0.25, 0.3) is 5.91 Å². The summed E-state index contributed by atoms with van der Waals surface area (Å²) in [5.41, 5.74) is 7.41. The van der Waals surface area contributed by atoms with E-state index in [4.69, 9.17) is 5.73 Å². The summed E-state index contributed by atoms with van der Waals surface area (Å²) in [5.74, 6) is 0.392. The van der Waals surface area contributed by atoms with Crippen LogP contribution in [0.25, 0.3) is 10.6 Å². The van der Waals surface area contributed by atoms with E-state index in [-0.39, 0.29) is 11.9 Å². The molecule has 120 valence electrons. The zero-order chi connectivity index (χ0) is 16.3. The van der Waals surface area contributed by atoms with Crippen molar-refractivity contribution in [2.24, 2.45) is 18.7 Å². The molecular weight excluding hydrogens is 298 g/mol. The molecule has 2 aromatic heterocycles. The third-order valence-corrected chi connectivity index (χ3v) is 4.54. The normalized spacial score (nSPS) is 12.6. The lowest BCUT2D eigenvalue weighted by atomic mass is 10.0. The average Bonchev–Trinajstić information content (AvgIpc) is 3.03. The molecule has 0 aliphatic carbocycles. The summed E-state index contributed by atoms with van der Waals surface area (Å²) in [5, 5.41) is 7.96. The van der Waals surface area contributed by atoms with Gasteiger partial charge in [0.15, 0.2) is 0 Å². The van der Waals surface area contributed by atoms with Gasteiger partial charge in [0.2, 0.25) is 0 Å². The molecule has 0 saturated carbocycles. The first-order valence-corrected chi connectivity index (χ1v) is 8.19. The fourth-order valence-electron chi connectivity index (χ4n) is 2.30. The molecule has 0 aliphatic heterocycles. The molecule has 0 fully saturated rings. The second-order valence-corrected chi connectivity index (χ2v) is 6.87. The van der Waals surface area contributed by atoms with Crippen LogP contribution in [0.15, 0.2) is 12.4 Å². The summed E-state index contributed by atoms with van der Waals surface area (Å²) in [7, 11) is 1.86. The van der Waals surface area contributed by atoms with Gasteiger partial charge in [0.1, 0.15) is 9.88 Å². The van der Waals surface area contributed by atoms with Crippen molar-refractivity contribution in [2.75, 3.05) is 6.54 Å². The van der Waals surface area contributed by atoms with Gasteiger partial charge < -0.3 is 11.1 Å². The molecule has 2 aromatic rings. The van der Waals surface area contributed by atoms with Gasteiger partial charge in [-0.05, 0) is 19.3 Å². The van der Waals surface area contributed by atoms with Crippen LogP contribution in [0.5, 0.6) is 0 Å².